The minimum atomic E-state index is -2.06. The molecule has 0 fully saturated rings. The first-order valence-electron chi connectivity index (χ1n) is 9.37. The zero-order valence-corrected chi connectivity index (χ0v) is 17.5. The van der Waals surface area contributed by atoms with Crippen LogP contribution < -0.4 is 19.8 Å². The highest BCUT2D eigenvalue weighted by atomic mass is 32.2. The molecule has 30 heavy (non-hydrogen) atoms. The number of nitrogens with zero attached hydrogens (tertiary/aromatic N) is 2. The molecule has 8 nitrogen and oxygen atoms in total. The minimum Gasteiger partial charge on any atom is -0.493 e. The van der Waals surface area contributed by atoms with Crippen molar-refractivity contribution in [3.63, 3.8) is 0 Å². The average molecular weight is 429 g/mol. The molecule has 0 bridgehead atoms. The van der Waals surface area contributed by atoms with E-state index in [0.717, 1.165) is 11.1 Å². The van der Waals surface area contributed by atoms with Crippen LogP contribution in [0.3, 0.4) is 0 Å². The monoisotopic (exact) mass is 429 g/mol. The minimum absolute atomic E-state index is 0.178. The Morgan fingerprint density at radius 2 is 2.03 bits per heavy atom. The molecule has 1 atom stereocenters. The molecule has 0 spiro atoms. The highest BCUT2D eigenvalue weighted by molar-refractivity contribution is 7.77. The van der Waals surface area contributed by atoms with E-state index in [-0.39, 0.29) is 5.56 Å². The van der Waals surface area contributed by atoms with Crippen LogP contribution in [0.4, 0.5) is 0 Å². The summed E-state index contributed by atoms with van der Waals surface area (Å²) in [6, 6.07) is 10.7. The lowest BCUT2D eigenvalue weighted by molar-refractivity contribution is 0.340. The quantitative estimate of drug-likeness (QED) is 0.507. The number of aromatic nitrogens is 2. The van der Waals surface area contributed by atoms with Crippen molar-refractivity contribution in [2.24, 2.45) is 7.05 Å². The first-order valence-corrected chi connectivity index (χ1v) is 10.5. The maximum atomic E-state index is 12.1. The van der Waals surface area contributed by atoms with Crippen molar-refractivity contribution in [3.05, 3.63) is 70.9 Å². The predicted molar refractivity (Wildman–Crippen MR) is 115 cm³/mol. The van der Waals surface area contributed by atoms with Crippen LogP contribution in [0.1, 0.15) is 12.5 Å². The normalized spacial score (nSPS) is 11.8. The predicted octanol–water partition coefficient (Wildman–Crippen LogP) is 2.91. The summed E-state index contributed by atoms with van der Waals surface area (Å²) in [6.45, 7) is 2.59. The highest BCUT2D eigenvalue weighted by Gasteiger charge is 2.16. The summed E-state index contributed by atoms with van der Waals surface area (Å²) in [6.07, 6.45) is 5.52. The SMILES string of the molecule is CCOc1cc(=O)n(C)cc1-c1cc(CCNS(=O)O)ccc1Oc1cccnc1. The molecule has 2 aromatic heterocycles. The van der Waals surface area contributed by atoms with Crippen molar-refractivity contribution in [1.29, 1.82) is 0 Å². The molecule has 2 N–H and O–H groups in total. The van der Waals surface area contributed by atoms with Crippen LogP contribution in [0.5, 0.6) is 17.2 Å². The summed E-state index contributed by atoms with van der Waals surface area (Å²) in [7, 11) is 1.67. The fourth-order valence-corrected chi connectivity index (χ4v) is 3.22. The van der Waals surface area contributed by atoms with Crippen LogP contribution in [-0.4, -0.2) is 31.5 Å². The maximum absolute atomic E-state index is 12.1. The van der Waals surface area contributed by atoms with Crippen LogP contribution in [0.2, 0.25) is 0 Å². The molecule has 1 aromatic carbocycles. The van der Waals surface area contributed by atoms with E-state index in [1.165, 1.54) is 10.6 Å². The molecule has 0 aliphatic rings. The van der Waals surface area contributed by atoms with Crippen LogP contribution in [-0.2, 0) is 24.7 Å². The van der Waals surface area contributed by atoms with Gasteiger partial charge in [0.1, 0.15) is 17.2 Å². The zero-order valence-electron chi connectivity index (χ0n) is 16.7. The molecule has 1 unspecified atom stereocenters. The number of benzene rings is 1. The second kappa shape index (κ2) is 10.1. The van der Waals surface area contributed by atoms with Gasteiger partial charge in [-0.05, 0) is 43.2 Å². The van der Waals surface area contributed by atoms with Crippen LogP contribution in [0.25, 0.3) is 11.1 Å². The Hall–Kier alpha value is -3.01. The average Bonchev–Trinajstić information content (AvgIpc) is 2.72. The van der Waals surface area contributed by atoms with Crippen molar-refractivity contribution in [1.82, 2.24) is 14.3 Å². The van der Waals surface area contributed by atoms with Crippen molar-refractivity contribution < 1.29 is 18.2 Å². The Labute approximate surface area is 176 Å². The fraction of sp³-hybridized carbons (Fsp3) is 0.238. The van der Waals surface area contributed by atoms with Gasteiger partial charge in [-0.2, -0.15) is 0 Å². The standard InChI is InChI=1S/C21H23N3O5S/c1-3-28-20-12-21(25)24(2)14-18(20)17-11-15(8-10-23-30(26)27)6-7-19(17)29-16-5-4-9-22-13-16/h4-7,9,11-14,23H,3,8,10H2,1-2H3,(H,26,27). The third kappa shape index (κ3) is 5.53. The van der Waals surface area contributed by atoms with Gasteiger partial charge in [-0.3, -0.25) is 14.3 Å². The Bertz CT molecular complexity index is 1090. The van der Waals surface area contributed by atoms with Gasteiger partial charge in [0.25, 0.3) is 5.56 Å². The number of aryl methyl sites for hydroxylation is 1. The number of ether oxygens (including phenoxy) is 2. The summed E-state index contributed by atoms with van der Waals surface area (Å²) >= 11 is -2.06. The topological polar surface area (TPSA) is 103 Å². The number of nitrogens with one attached hydrogen (secondary N) is 1. The van der Waals surface area contributed by atoms with Crippen molar-refractivity contribution in [2.45, 2.75) is 13.3 Å². The third-order valence-electron chi connectivity index (χ3n) is 4.33. The zero-order chi connectivity index (χ0) is 21.5. The molecular formula is C21H23N3O5S. The summed E-state index contributed by atoms with van der Waals surface area (Å²) in [5.74, 6) is 1.61. The summed E-state index contributed by atoms with van der Waals surface area (Å²) in [4.78, 5) is 16.2. The van der Waals surface area contributed by atoms with Gasteiger partial charge in [0.05, 0.1) is 12.8 Å². The highest BCUT2D eigenvalue weighted by Crippen LogP contribution is 2.38. The van der Waals surface area contributed by atoms with Crippen molar-refractivity contribution >= 4 is 11.3 Å². The van der Waals surface area contributed by atoms with E-state index in [1.807, 2.05) is 25.1 Å². The van der Waals surface area contributed by atoms with Gasteiger partial charge in [-0.1, -0.05) is 6.07 Å². The molecule has 158 valence electrons. The van der Waals surface area contributed by atoms with Gasteiger partial charge in [-0.25, -0.2) is 8.93 Å². The smallest absolute Gasteiger partial charge is 0.254 e. The summed E-state index contributed by atoms with van der Waals surface area (Å²) < 4.78 is 35.5. The molecule has 3 aromatic rings. The molecular weight excluding hydrogens is 406 g/mol. The van der Waals surface area contributed by atoms with Crippen LogP contribution in [0.15, 0.2) is 59.8 Å². The largest absolute Gasteiger partial charge is 0.493 e. The van der Waals surface area contributed by atoms with Crippen LogP contribution in [0, 0.1) is 0 Å². The van der Waals surface area contributed by atoms with E-state index in [2.05, 4.69) is 9.71 Å². The first kappa shape index (κ1) is 21.7. The molecule has 0 saturated heterocycles. The number of pyridine rings is 2. The van der Waals surface area contributed by atoms with E-state index >= 15 is 0 Å². The van der Waals surface area contributed by atoms with Crippen LogP contribution >= 0.6 is 0 Å². The molecule has 0 saturated carbocycles. The van der Waals surface area contributed by atoms with E-state index in [4.69, 9.17) is 14.0 Å². The number of rotatable bonds is 9. The molecule has 0 aliphatic carbocycles. The van der Waals surface area contributed by atoms with Crippen molar-refractivity contribution in [3.8, 4) is 28.4 Å². The van der Waals surface area contributed by atoms with Gasteiger partial charge in [0.2, 0.25) is 11.3 Å². The second-order valence-electron chi connectivity index (χ2n) is 6.45. The lowest BCUT2D eigenvalue weighted by Crippen LogP contribution is -2.19. The molecule has 2 heterocycles. The lowest BCUT2D eigenvalue weighted by Gasteiger charge is -2.17. The Kier molecular flexibility index (Phi) is 7.34. The molecule has 0 amide bonds. The van der Waals surface area contributed by atoms with Gasteiger partial charge >= 0.3 is 0 Å². The Morgan fingerprint density at radius 3 is 2.73 bits per heavy atom. The van der Waals surface area contributed by atoms with Gasteiger partial charge in [-0.15, -0.1) is 0 Å². The number of hydrogen-bond donors (Lipinski definition) is 2. The van der Waals surface area contributed by atoms with E-state index in [9.17, 15) is 9.00 Å². The fourth-order valence-electron chi connectivity index (χ4n) is 2.94. The van der Waals surface area contributed by atoms with Crippen molar-refractivity contribution in [2.75, 3.05) is 13.2 Å². The first-order chi connectivity index (χ1) is 14.5. The molecule has 9 heteroatoms. The van der Waals surface area contributed by atoms with E-state index in [1.54, 1.807) is 37.8 Å². The lowest BCUT2D eigenvalue weighted by atomic mass is 10.0. The Balaban J connectivity index is 2.07. The number of hydrogen-bond acceptors (Lipinski definition) is 5. The second-order valence-corrected chi connectivity index (χ2v) is 7.24. The maximum Gasteiger partial charge on any atom is 0.254 e. The van der Waals surface area contributed by atoms with Gasteiger partial charge < -0.3 is 14.0 Å². The third-order valence-corrected chi connectivity index (χ3v) is 4.78. The Morgan fingerprint density at radius 1 is 1.20 bits per heavy atom. The summed E-state index contributed by atoms with van der Waals surface area (Å²) in [5.41, 5.74) is 2.19. The summed E-state index contributed by atoms with van der Waals surface area (Å²) in [5, 5.41) is 0. The molecule has 3 rings (SSSR count). The van der Waals surface area contributed by atoms with E-state index < -0.39 is 11.3 Å². The van der Waals surface area contributed by atoms with E-state index in [0.29, 0.717) is 42.4 Å². The molecule has 0 radical (unpaired) electrons. The molecule has 0 aliphatic heterocycles. The van der Waals surface area contributed by atoms with Gasteiger partial charge in [0, 0.05) is 43.2 Å². The van der Waals surface area contributed by atoms with Gasteiger partial charge in [0.15, 0.2) is 0 Å².